The van der Waals surface area contributed by atoms with Crippen LogP contribution in [0.2, 0.25) is 0 Å². The molecule has 1 heterocycles. The molecule has 4 N–H and O–H groups in total. The van der Waals surface area contributed by atoms with Gasteiger partial charge in [0.05, 0.1) is 6.61 Å². The molecule has 0 fully saturated rings. The average molecular weight is 326 g/mol. The first-order valence-corrected chi connectivity index (χ1v) is 6.92. The highest BCUT2D eigenvalue weighted by atomic mass is 32.1. The highest BCUT2D eigenvalue weighted by Gasteiger charge is 2.27. The average Bonchev–Trinajstić information content (AvgIpc) is 2.67. The van der Waals surface area contributed by atoms with Gasteiger partial charge in [0.15, 0.2) is 5.82 Å². The SMILES string of the molecule is CC(C)NC(=O)c1c(N)nsc1NCCOCC(F)(F)F. The second kappa shape index (κ2) is 7.46. The Morgan fingerprint density at radius 2 is 2.14 bits per heavy atom. The molecule has 1 rings (SSSR count). The van der Waals surface area contributed by atoms with Crippen LogP contribution in [0.1, 0.15) is 24.2 Å². The van der Waals surface area contributed by atoms with E-state index in [0.717, 1.165) is 11.5 Å². The Balaban J connectivity index is 2.51. The molecule has 0 aliphatic carbocycles. The van der Waals surface area contributed by atoms with Crippen LogP contribution in [0.4, 0.5) is 24.0 Å². The zero-order valence-corrected chi connectivity index (χ0v) is 12.4. The first kappa shape index (κ1) is 17.5. The van der Waals surface area contributed by atoms with Gasteiger partial charge in [0.25, 0.3) is 5.91 Å². The molecule has 0 aromatic carbocycles. The van der Waals surface area contributed by atoms with Crippen LogP contribution in [0.3, 0.4) is 0 Å². The van der Waals surface area contributed by atoms with Crippen molar-refractivity contribution in [3.05, 3.63) is 5.56 Å². The Kier molecular flexibility index (Phi) is 6.21. The lowest BCUT2D eigenvalue weighted by Crippen LogP contribution is -2.31. The van der Waals surface area contributed by atoms with Gasteiger partial charge in [0.1, 0.15) is 17.2 Å². The predicted molar refractivity (Wildman–Crippen MR) is 74.5 cm³/mol. The van der Waals surface area contributed by atoms with Crippen LogP contribution in [0.5, 0.6) is 0 Å². The molecule has 10 heteroatoms. The van der Waals surface area contributed by atoms with Gasteiger partial charge in [-0.15, -0.1) is 0 Å². The molecule has 0 spiro atoms. The molecule has 6 nitrogen and oxygen atoms in total. The minimum Gasteiger partial charge on any atom is -0.382 e. The molecule has 0 saturated heterocycles. The number of rotatable bonds is 7. The van der Waals surface area contributed by atoms with Crippen LogP contribution in [-0.2, 0) is 4.74 Å². The molecule has 21 heavy (non-hydrogen) atoms. The number of anilines is 2. The fraction of sp³-hybridized carbons (Fsp3) is 0.636. The van der Waals surface area contributed by atoms with Crippen molar-refractivity contribution in [2.45, 2.75) is 26.1 Å². The fourth-order valence-corrected chi connectivity index (χ4v) is 2.14. The summed E-state index contributed by atoms with van der Waals surface area (Å²) in [5.74, 6) is -0.299. The first-order chi connectivity index (χ1) is 9.70. The van der Waals surface area contributed by atoms with Crippen LogP contribution in [0, 0.1) is 0 Å². The van der Waals surface area contributed by atoms with Crippen LogP contribution in [0.15, 0.2) is 0 Å². The lowest BCUT2D eigenvalue weighted by atomic mass is 10.2. The summed E-state index contributed by atoms with van der Waals surface area (Å²) in [5.41, 5.74) is 5.82. The molecule has 0 bridgehead atoms. The van der Waals surface area contributed by atoms with Crippen molar-refractivity contribution in [3.63, 3.8) is 0 Å². The van der Waals surface area contributed by atoms with Gasteiger partial charge in [0, 0.05) is 12.6 Å². The van der Waals surface area contributed by atoms with Crippen molar-refractivity contribution in [2.75, 3.05) is 30.8 Å². The Morgan fingerprint density at radius 1 is 1.48 bits per heavy atom. The molecule has 0 unspecified atom stereocenters. The molecule has 1 aromatic rings. The molecule has 0 atom stereocenters. The second-order valence-corrected chi connectivity index (χ2v) is 5.27. The summed E-state index contributed by atoms with van der Waals surface area (Å²) in [7, 11) is 0. The van der Waals surface area contributed by atoms with Crippen molar-refractivity contribution in [1.29, 1.82) is 0 Å². The lowest BCUT2D eigenvalue weighted by Gasteiger charge is -2.11. The number of nitrogens with zero attached hydrogens (tertiary/aromatic N) is 1. The summed E-state index contributed by atoms with van der Waals surface area (Å²) in [6.45, 7) is 2.25. The summed E-state index contributed by atoms with van der Waals surface area (Å²) in [5, 5.41) is 5.88. The smallest absolute Gasteiger partial charge is 0.382 e. The quantitative estimate of drug-likeness (QED) is 0.666. The maximum Gasteiger partial charge on any atom is 0.411 e. The van der Waals surface area contributed by atoms with Crippen LogP contribution < -0.4 is 16.4 Å². The summed E-state index contributed by atoms with van der Waals surface area (Å²) in [4.78, 5) is 11.9. The standard InChI is InChI=1S/C11H17F3N4O2S/c1-6(2)17-9(19)7-8(15)18-21-10(7)16-3-4-20-5-11(12,13)14/h6,16H,3-5H2,1-2H3,(H2,15,18)(H,17,19). The lowest BCUT2D eigenvalue weighted by molar-refractivity contribution is -0.172. The number of nitrogens with two attached hydrogens (primary N) is 1. The van der Waals surface area contributed by atoms with Crippen molar-refractivity contribution in [3.8, 4) is 0 Å². The fourth-order valence-electron chi connectivity index (χ4n) is 1.40. The number of hydrogen-bond donors (Lipinski definition) is 3. The van der Waals surface area contributed by atoms with Crippen LogP contribution in [0.25, 0.3) is 0 Å². The minimum atomic E-state index is -4.35. The number of hydrogen-bond acceptors (Lipinski definition) is 6. The third kappa shape index (κ3) is 6.17. The Bertz CT molecular complexity index is 477. The van der Waals surface area contributed by atoms with E-state index in [1.807, 2.05) is 0 Å². The normalized spacial score (nSPS) is 11.7. The van der Waals surface area contributed by atoms with Gasteiger partial charge in [0.2, 0.25) is 0 Å². The van der Waals surface area contributed by atoms with E-state index in [1.165, 1.54) is 0 Å². The zero-order valence-electron chi connectivity index (χ0n) is 11.6. The molecule has 1 amide bonds. The van der Waals surface area contributed by atoms with Gasteiger partial charge in [-0.2, -0.15) is 17.5 Å². The number of amides is 1. The van der Waals surface area contributed by atoms with E-state index in [4.69, 9.17) is 5.73 Å². The molecular formula is C11H17F3N4O2S. The van der Waals surface area contributed by atoms with E-state index in [9.17, 15) is 18.0 Å². The zero-order chi connectivity index (χ0) is 16.0. The van der Waals surface area contributed by atoms with E-state index in [2.05, 4.69) is 19.7 Å². The Labute approximate surface area is 124 Å². The summed E-state index contributed by atoms with van der Waals surface area (Å²) >= 11 is 0.970. The molecule has 0 aliphatic heterocycles. The van der Waals surface area contributed by atoms with Gasteiger partial charge < -0.3 is 21.1 Å². The Hall–Kier alpha value is -1.55. The number of ether oxygens (including phenoxy) is 1. The van der Waals surface area contributed by atoms with Crippen LogP contribution in [-0.4, -0.2) is 42.3 Å². The Morgan fingerprint density at radius 3 is 2.71 bits per heavy atom. The predicted octanol–water partition coefficient (Wildman–Crippen LogP) is 1.85. The number of aromatic nitrogens is 1. The number of nitrogen functional groups attached to an aromatic ring is 1. The number of nitrogens with one attached hydrogen (secondary N) is 2. The molecule has 0 aliphatic rings. The minimum absolute atomic E-state index is 0.0697. The van der Waals surface area contributed by atoms with Gasteiger partial charge in [-0.3, -0.25) is 4.79 Å². The van der Waals surface area contributed by atoms with Crippen molar-refractivity contribution in [1.82, 2.24) is 9.69 Å². The number of carbonyl (C=O) groups is 1. The summed E-state index contributed by atoms with van der Waals surface area (Å²) < 4.78 is 43.9. The number of halogens is 3. The van der Waals surface area contributed by atoms with E-state index in [0.29, 0.717) is 5.00 Å². The van der Waals surface area contributed by atoms with Crippen molar-refractivity contribution < 1.29 is 22.7 Å². The first-order valence-electron chi connectivity index (χ1n) is 6.15. The summed E-state index contributed by atoms with van der Waals surface area (Å²) in [6.07, 6.45) is -4.35. The van der Waals surface area contributed by atoms with E-state index < -0.39 is 12.8 Å². The van der Waals surface area contributed by atoms with Crippen molar-refractivity contribution in [2.24, 2.45) is 0 Å². The third-order valence-electron chi connectivity index (χ3n) is 2.16. The number of carbonyl (C=O) groups excluding carboxylic acids is 1. The molecule has 0 radical (unpaired) electrons. The molecule has 0 saturated carbocycles. The largest absolute Gasteiger partial charge is 0.411 e. The highest BCUT2D eigenvalue weighted by molar-refractivity contribution is 7.11. The molecule has 120 valence electrons. The topological polar surface area (TPSA) is 89.3 Å². The monoisotopic (exact) mass is 326 g/mol. The second-order valence-electron chi connectivity index (χ2n) is 4.49. The highest BCUT2D eigenvalue weighted by Crippen LogP contribution is 2.26. The maximum absolute atomic E-state index is 11.9. The molecular weight excluding hydrogens is 309 g/mol. The van der Waals surface area contributed by atoms with E-state index in [-0.39, 0.29) is 36.5 Å². The van der Waals surface area contributed by atoms with Crippen LogP contribution >= 0.6 is 11.5 Å². The van der Waals surface area contributed by atoms with Gasteiger partial charge >= 0.3 is 6.18 Å². The van der Waals surface area contributed by atoms with E-state index >= 15 is 0 Å². The van der Waals surface area contributed by atoms with Gasteiger partial charge in [-0.05, 0) is 25.4 Å². The van der Waals surface area contributed by atoms with E-state index in [1.54, 1.807) is 13.8 Å². The summed E-state index contributed by atoms with van der Waals surface area (Å²) in [6, 6.07) is -0.0697. The van der Waals surface area contributed by atoms with Gasteiger partial charge in [-0.1, -0.05) is 0 Å². The maximum atomic E-state index is 11.9. The number of alkyl halides is 3. The molecule has 1 aromatic heterocycles. The van der Waals surface area contributed by atoms with Crippen molar-refractivity contribution >= 4 is 28.3 Å². The van der Waals surface area contributed by atoms with Gasteiger partial charge in [-0.25, -0.2) is 0 Å². The third-order valence-corrected chi connectivity index (χ3v) is 2.98.